The Balaban J connectivity index is 0.993. The number of likely N-dealkylation sites (tertiary alicyclic amines) is 2. The fourth-order valence-corrected chi connectivity index (χ4v) is 6.92. The molecule has 2 aliphatic rings. The lowest BCUT2D eigenvalue weighted by atomic mass is 9.86. The highest BCUT2D eigenvalue weighted by Gasteiger charge is 2.42. The van der Waals surface area contributed by atoms with Crippen molar-refractivity contribution in [1.82, 2.24) is 24.8 Å². The lowest BCUT2D eigenvalue weighted by Crippen LogP contribution is -2.31. The first-order valence-corrected chi connectivity index (χ1v) is 15.7. The Morgan fingerprint density at radius 3 is 2.56 bits per heavy atom. The molecule has 2 fully saturated rings. The zero-order valence-electron chi connectivity index (χ0n) is 25.5. The highest BCUT2D eigenvalue weighted by atomic mass is 16.3. The summed E-state index contributed by atoms with van der Waals surface area (Å²) in [7, 11) is 0. The Hall–Kier alpha value is -4.73. The number of fused-ring (bicyclic) bond motifs is 1. The molecule has 7 rings (SSSR count). The Morgan fingerprint density at radius 2 is 1.78 bits per heavy atom. The number of pyridine rings is 1. The van der Waals surface area contributed by atoms with Crippen LogP contribution in [-0.2, 0) is 6.42 Å². The number of rotatable bonds is 8. The topological polar surface area (TPSA) is 117 Å². The number of nitrogens with one attached hydrogen (secondary N) is 3. The lowest BCUT2D eigenvalue weighted by Gasteiger charge is -2.24. The summed E-state index contributed by atoms with van der Waals surface area (Å²) in [6, 6.07) is 21.9. The normalized spacial score (nSPS) is 18.7. The maximum absolute atomic E-state index is 13.1. The van der Waals surface area contributed by atoms with Crippen molar-refractivity contribution in [3.8, 4) is 28.3 Å². The van der Waals surface area contributed by atoms with Crippen LogP contribution in [-0.4, -0.2) is 75.0 Å². The zero-order chi connectivity index (χ0) is 31.0. The number of H-pyrrole nitrogens is 2. The summed E-state index contributed by atoms with van der Waals surface area (Å²) in [6.07, 6.45) is 5.22. The molecular weight excluding hydrogens is 564 g/mol. The highest BCUT2D eigenvalue weighted by Crippen LogP contribution is 2.39. The van der Waals surface area contributed by atoms with Gasteiger partial charge in [-0.3, -0.25) is 9.59 Å². The molecule has 4 N–H and O–H groups in total. The van der Waals surface area contributed by atoms with Gasteiger partial charge in [0.15, 0.2) is 0 Å². The number of hydrogen-bond donors (Lipinski definition) is 4. The predicted octanol–water partition coefficient (Wildman–Crippen LogP) is 5.50. The van der Waals surface area contributed by atoms with Gasteiger partial charge in [-0.05, 0) is 110 Å². The van der Waals surface area contributed by atoms with Crippen molar-refractivity contribution >= 4 is 22.6 Å². The van der Waals surface area contributed by atoms with Crippen LogP contribution in [0.3, 0.4) is 0 Å². The third-order valence-corrected chi connectivity index (χ3v) is 9.54. The number of imidazole rings is 1. The summed E-state index contributed by atoms with van der Waals surface area (Å²) in [5, 5.41) is 13.6. The molecule has 9 heteroatoms. The Morgan fingerprint density at radius 1 is 0.978 bits per heavy atom. The van der Waals surface area contributed by atoms with Gasteiger partial charge >= 0.3 is 0 Å². The van der Waals surface area contributed by atoms with Crippen molar-refractivity contribution in [3.05, 3.63) is 100 Å². The second-order valence-corrected chi connectivity index (χ2v) is 12.5. The van der Waals surface area contributed by atoms with Gasteiger partial charge in [0, 0.05) is 42.6 Å². The minimum absolute atomic E-state index is 0.0352. The first-order chi connectivity index (χ1) is 21.9. The number of anilines is 1. The number of carbonyl (C=O) groups is 1. The van der Waals surface area contributed by atoms with Gasteiger partial charge in [-0.1, -0.05) is 25.1 Å². The molecule has 1 atom stereocenters. The van der Waals surface area contributed by atoms with Crippen molar-refractivity contribution < 1.29 is 9.90 Å². The first kappa shape index (κ1) is 29.0. The fraction of sp³-hybridized carbons (Fsp3) is 0.306. The summed E-state index contributed by atoms with van der Waals surface area (Å²) in [4.78, 5) is 41.2. The van der Waals surface area contributed by atoms with E-state index in [4.69, 9.17) is 0 Å². The molecule has 2 aromatic heterocycles. The molecule has 0 saturated carbocycles. The van der Waals surface area contributed by atoms with E-state index in [1.54, 1.807) is 54.7 Å². The van der Waals surface area contributed by atoms with Gasteiger partial charge in [-0.25, -0.2) is 4.98 Å². The molecule has 3 aromatic carbocycles. The molecule has 1 amide bonds. The molecule has 0 radical (unpaired) electrons. The number of benzene rings is 3. The largest absolute Gasteiger partial charge is 0.507 e. The Kier molecular flexibility index (Phi) is 7.73. The maximum atomic E-state index is 13.1. The van der Waals surface area contributed by atoms with E-state index in [0.29, 0.717) is 44.5 Å². The average molecular weight is 603 g/mol. The number of aromatic nitrogens is 3. The van der Waals surface area contributed by atoms with Crippen LogP contribution in [0, 0.1) is 5.41 Å². The van der Waals surface area contributed by atoms with Crippen LogP contribution in [0.2, 0.25) is 0 Å². The van der Waals surface area contributed by atoms with Crippen LogP contribution in [0.15, 0.2) is 83.8 Å². The molecule has 4 heterocycles. The number of carbonyl (C=O) groups excluding carboxylic acids is 1. The van der Waals surface area contributed by atoms with Crippen molar-refractivity contribution in [2.45, 2.75) is 26.2 Å². The van der Waals surface area contributed by atoms with Crippen LogP contribution in [0.25, 0.3) is 33.5 Å². The molecule has 2 saturated heterocycles. The quantitative estimate of drug-likeness (QED) is 0.186. The van der Waals surface area contributed by atoms with Crippen LogP contribution >= 0.6 is 0 Å². The summed E-state index contributed by atoms with van der Waals surface area (Å²) >= 11 is 0. The second-order valence-electron chi connectivity index (χ2n) is 12.5. The molecular formula is C36H38N6O3. The van der Waals surface area contributed by atoms with Crippen LogP contribution < -0.4 is 10.9 Å². The average Bonchev–Trinajstić information content (AvgIpc) is 3.79. The summed E-state index contributed by atoms with van der Waals surface area (Å²) in [5.41, 5.74) is 5.74. The van der Waals surface area contributed by atoms with Crippen LogP contribution in [0.5, 0.6) is 5.75 Å². The number of phenols is 1. The minimum Gasteiger partial charge on any atom is -0.507 e. The van der Waals surface area contributed by atoms with Gasteiger partial charge in [0.2, 0.25) is 0 Å². The molecule has 230 valence electrons. The minimum atomic E-state index is -0.216. The first-order valence-electron chi connectivity index (χ1n) is 15.7. The predicted molar refractivity (Wildman–Crippen MR) is 178 cm³/mol. The van der Waals surface area contributed by atoms with E-state index in [1.165, 1.54) is 44.6 Å². The van der Waals surface area contributed by atoms with Crippen molar-refractivity contribution in [2.24, 2.45) is 5.41 Å². The molecule has 1 spiro atoms. The Labute approximate surface area is 261 Å². The smallest absolute Gasteiger partial charge is 0.255 e. The van der Waals surface area contributed by atoms with Gasteiger partial charge in [0.25, 0.3) is 11.5 Å². The van der Waals surface area contributed by atoms with Crippen molar-refractivity contribution in [2.75, 3.05) is 44.6 Å². The number of phenolic OH excluding ortho intramolecular Hbond substituents is 1. The van der Waals surface area contributed by atoms with Crippen LogP contribution in [0.4, 0.5) is 5.69 Å². The van der Waals surface area contributed by atoms with E-state index in [9.17, 15) is 14.7 Å². The van der Waals surface area contributed by atoms with E-state index in [2.05, 4.69) is 49.1 Å². The van der Waals surface area contributed by atoms with Gasteiger partial charge in [0.1, 0.15) is 11.6 Å². The lowest BCUT2D eigenvalue weighted by molar-refractivity contribution is 0.102. The van der Waals surface area contributed by atoms with Crippen molar-refractivity contribution in [1.29, 1.82) is 0 Å². The van der Waals surface area contributed by atoms with Crippen molar-refractivity contribution in [3.63, 3.8) is 0 Å². The molecule has 0 aliphatic carbocycles. The van der Waals surface area contributed by atoms with Gasteiger partial charge in [-0.2, -0.15) is 0 Å². The van der Waals surface area contributed by atoms with Gasteiger partial charge < -0.3 is 30.2 Å². The third-order valence-electron chi connectivity index (χ3n) is 9.54. The summed E-state index contributed by atoms with van der Waals surface area (Å²) in [5.74, 6) is 0.266. The number of nitrogens with zero attached hydrogens (tertiary/aromatic N) is 3. The SMILES string of the molecule is CCN1CC[C@@]2(CCN(CCc3ccc(NC(=O)c4ccc5nc(-c6cc(-c7ccc[nH]c7=O)ccc6O)[nH]c5c4)cc3)C2)C1. The number of aromatic amines is 2. The summed E-state index contributed by atoms with van der Waals surface area (Å²) in [6.45, 7) is 9.38. The van der Waals surface area contributed by atoms with Crippen LogP contribution in [0.1, 0.15) is 35.7 Å². The molecule has 45 heavy (non-hydrogen) atoms. The second kappa shape index (κ2) is 12.0. The summed E-state index contributed by atoms with van der Waals surface area (Å²) < 4.78 is 0. The standard InChI is InChI=1S/C36H38N6O3/c1-2-41-18-14-36(22-41)15-19-42(23-36)17-13-24-5-9-27(10-6-24)38-34(44)26-7-11-30-31(21-26)40-33(39-30)29-20-25(8-12-32(29)43)28-4-3-16-37-35(28)45/h3-12,16,20-21,43H,2,13-15,17-19,22-23H2,1H3,(H,37,45)(H,38,44)(H,39,40)/t36-/m1/s1. The maximum Gasteiger partial charge on any atom is 0.255 e. The van der Waals surface area contributed by atoms with E-state index < -0.39 is 0 Å². The van der Waals surface area contributed by atoms with Gasteiger partial charge in [-0.15, -0.1) is 0 Å². The van der Waals surface area contributed by atoms with E-state index in [-0.39, 0.29) is 17.2 Å². The molecule has 5 aromatic rings. The zero-order valence-corrected chi connectivity index (χ0v) is 25.5. The third kappa shape index (κ3) is 6.01. The highest BCUT2D eigenvalue weighted by molar-refractivity contribution is 6.06. The van der Waals surface area contributed by atoms with E-state index >= 15 is 0 Å². The fourth-order valence-electron chi connectivity index (χ4n) is 6.92. The van der Waals surface area contributed by atoms with Gasteiger partial charge in [0.05, 0.1) is 16.6 Å². The van der Waals surface area contributed by atoms with E-state index in [1.807, 2.05) is 12.1 Å². The Bertz CT molecular complexity index is 1910. The monoisotopic (exact) mass is 602 g/mol. The molecule has 0 unspecified atom stereocenters. The number of aromatic hydroxyl groups is 1. The molecule has 9 nitrogen and oxygen atoms in total. The number of hydrogen-bond acceptors (Lipinski definition) is 6. The number of amides is 1. The van der Waals surface area contributed by atoms with E-state index in [0.717, 1.165) is 25.2 Å². The molecule has 2 aliphatic heterocycles. The molecule has 0 bridgehead atoms.